The van der Waals surface area contributed by atoms with Crippen molar-refractivity contribution in [2.75, 3.05) is 25.1 Å². The van der Waals surface area contributed by atoms with Crippen LogP contribution < -0.4 is 9.64 Å². The van der Waals surface area contributed by atoms with Crippen molar-refractivity contribution in [1.29, 1.82) is 0 Å². The topological polar surface area (TPSA) is 86.9 Å². The van der Waals surface area contributed by atoms with Gasteiger partial charge in [0.15, 0.2) is 10.9 Å². The lowest BCUT2D eigenvalue weighted by Crippen LogP contribution is -2.46. The molecule has 4 aliphatic rings. The first-order valence-corrected chi connectivity index (χ1v) is 15.7. The van der Waals surface area contributed by atoms with E-state index < -0.39 is 18.1 Å². The Labute approximate surface area is 245 Å². The molecule has 1 unspecified atom stereocenters. The fourth-order valence-corrected chi connectivity index (χ4v) is 8.22. The van der Waals surface area contributed by atoms with Gasteiger partial charge in [-0.2, -0.15) is 0 Å². The van der Waals surface area contributed by atoms with Gasteiger partial charge in [-0.15, -0.1) is 13.2 Å². The van der Waals surface area contributed by atoms with Crippen LogP contribution in [0.1, 0.15) is 97.0 Å². The van der Waals surface area contributed by atoms with E-state index in [9.17, 15) is 18.0 Å². The largest absolute Gasteiger partial charge is 0.573 e. The maximum atomic E-state index is 13.2. The minimum atomic E-state index is -4.92. The van der Waals surface area contributed by atoms with E-state index >= 15 is 0 Å². The summed E-state index contributed by atoms with van der Waals surface area (Å²) in [6.07, 6.45) is 5.61. The normalized spacial score (nSPS) is 24.9. The van der Waals surface area contributed by atoms with Crippen molar-refractivity contribution in [2.45, 2.75) is 88.7 Å². The predicted octanol–water partition coefficient (Wildman–Crippen LogP) is 7.33. The van der Waals surface area contributed by atoms with E-state index in [-0.39, 0.29) is 29.0 Å². The van der Waals surface area contributed by atoms with Crippen LogP contribution in [0.15, 0.2) is 16.7 Å². The summed E-state index contributed by atoms with van der Waals surface area (Å²) in [5, 5.41) is 5.18. The summed E-state index contributed by atoms with van der Waals surface area (Å²) in [7, 11) is 1.18. The summed E-state index contributed by atoms with van der Waals surface area (Å²) in [5.74, 6) is 1.29. The van der Waals surface area contributed by atoms with E-state index in [1.54, 1.807) is 0 Å². The van der Waals surface area contributed by atoms with Crippen molar-refractivity contribution < 1.29 is 36.7 Å². The molecule has 3 saturated carbocycles. The number of anilines is 1. The first kappa shape index (κ1) is 27.9. The number of esters is 1. The molecule has 3 aliphatic carbocycles. The maximum Gasteiger partial charge on any atom is 0.573 e. The monoisotopic (exact) mass is 605 g/mol. The number of hydrogen-bond acceptors (Lipinski definition) is 9. The minimum absolute atomic E-state index is 0.0153. The highest BCUT2D eigenvalue weighted by molar-refractivity contribution is 7.22. The summed E-state index contributed by atoms with van der Waals surface area (Å²) < 4.78 is 61.6. The van der Waals surface area contributed by atoms with E-state index in [0.717, 1.165) is 56.0 Å². The Kier molecular flexibility index (Phi) is 7.32. The Morgan fingerprint density at radius 1 is 1.05 bits per heavy atom. The number of ether oxygens (including phenoxy) is 3. The molecule has 1 aromatic carbocycles. The molecular weight excluding hydrogens is 571 g/mol. The maximum absolute atomic E-state index is 13.2. The van der Waals surface area contributed by atoms with Crippen molar-refractivity contribution in [3.63, 3.8) is 0 Å². The molecule has 3 heterocycles. The van der Waals surface area contributed by atoms with Gasteiger partial charge in [-0.3, -0.25) is 0 Å². The fourth-order valence-electron chi connectivity index (χ4n) is 7.18. The molecule has 0 radical (unpaired) electrons. The number of alkyl halides is 3. The van der Waals surface area contributed by atoms with Crippen LogP contribution in [0.2, 0.25) is 0 Å². The number of rotatable bonds is 8. The molecule has 0 N–H and O–H groups in total. The summed E-state index contributed by atoms with van der Waals surface area (Å²) in [6.45, 7) is 1.93. The molecular formula is C30H34F3N3O5S. The van der Waals surface area contributed by atoms with E-state index in [1.165, 1.54) is 49.3 Å². The van der Waals surface area contributed by atoms with Crippen LogP contribution in [-0.4, -0.2) is 48.8 Å². The summed E-state index contributed by atoms with van der Waals surface area (Å²) >= 11 is 1.26. The van der Waals surface area contributed by atoms with Crippen molar-refractivity contribution in [3.05, 3.63) is 34.7 Å². The lowest BCUT2D eigenvalue weighted by molar-refractivity contribution is -0.274. The number of carbonyl (C=O) groups is 1. The minimum Gasteiger partial charge on any atom is -0.465 e. The molecule has 12 heteroatoms. The van der Waals surface area contributed by atoms with Gasteiger partial charge in [-0.1, -0.05) is 35.8 Å². The molecule has 226 valence electrons. The Hall–Kier alpha value is -2.86. The third kappa shape index (κ3) is 5.47. The summed E-state index contributed by atoms with van der Waals surface area (Å²) in [4.78, 5) is 18.8. The third-order valence-electron chi connectivity index (χ3n) is 9.32. The lowest BCUT2D eigenvalue weighted by Gasteiger charge is -2.37. The molecule has 0 amide bonds. The quantitative estimate of drug-likeness (QED) is 0.247. The first-order valence-electron chi connectivity index (χ1n) is 14.9. The van der Waals surface area contributed by atoms with Crippen LogP contribution in [0.3, 0.4) is 0 Å². The zero-order chi connectivity index (χ0) is 29.0. The zero-order valence-electron chi connectivity index (χ0n) is 23.5. The van der Waals surface area contributed by atoms with E-state index in [2.05, 4.69) is 19.8 Å². The number of piperidine rings is 1. The smallest absolute Gasteiger partial charge is 0.465 e. The van der Waals surface area contributed by atoms with Gasteiger partial charge >= 0.3 is 12.3 Å². The number of carbonyl (C=O) groups excluding carboxylic acids is 1. The van der Waals surface area contributed by atoms with Crippen LogP contribution in [0, 0.1) is 11.8 Å². The number of benzene rings is 1. The number of thiazole rings is 1. The zero-order valence-corrected chi connectivity index (χ0v) is 24.3. The Morgan fingerprint density at radius 3 is 2.45 bits per heavy atom. The highest BCUT2D eigenvalue weighted by atomic mass is 32.1. The Balaban J connectivity index is 1.09. The van der Waals surface area contributed by atoms with Crippen LogP contribution in [0.4, 0.5) is 18.3 Å². The molecule has 0 spiro atoms. The van der Waals surface area contributed by atoms with Gasteiger partial charge in [0, 0.05) is 42.3 Å². The number of aromatic nitrogens is 2. The van der Waals surface area contributed by atoms with Gasteiger partial charge in [0.25, 0.3) is 0 Å². The van der Waals surface area contributed by atoms with Gasteiger partial charge in [0.2, 0.25) is 0 Å². The summed E-state index contributed by atoms with van der Waals surface area (Å²) in [6, 6.07) is 2.55. The van der Waals surface area contributed by atoms with Gasteiger partial charge < -0.3 is 23.6 Å². The van der Waals surface area contributed by atoms with Crippen molar-refractivity contribution in [2.24, 2.45) is 11.8 Å². The van der Waals surface area contributed by atoms with Gasteiger partial charge in [0.05, 0.1) is 35.8 Å². The molecule has 1 saturated heterocycles. The molecule has 7 rings (SSSR count). The number of halogens is 3. The highest BCUT2D eigenvalue weighted by Gasteiger charge is 2.44. The van der Waals surface area contributed by atoms with Crippen molar-refractivity contribution in [3.8, 4) is 5.75 Å². The van der Waals surface area contributed by atoms with E-state index in [0.29, 0.717) is 41.4 Å². The van der Waals surface area contributed by atoms with E-state index in [4.69, 9.17) is 14.0 Å². The van der Waals surface area contributed by atoms with Crippen molar-refractivity contribution in [1.82, 2.24) is 10.1 Å². The van der Waals surface area contributed by atoms with Gasteiger partial charge in [0.1, 0.15) is 11.3 Å². The van der Waals surface area contributed by atoms with E-state index in [1.807, 2.05) is 0 Å². The molecule has 3 aromatic rings. The average molecular weight is 606 g/mol. The summed E-state index contributed by atoms with van der Waals surface area (Å²) in [5.41, 5.74) is 2.36. The molecule has 1 aliphatic heterocycles. The molecule has 8 nitrogen and oxygen atoms in total. The van der Waals surface area contributed by atoms with Crippen LogP contribution >= 0.6 is 11.3 Å². The molecule has 4 fully saturated rings. The van der Waals surface area contributed by atoms with Crippen LogP contribution in [-0.2, 0) is 16.1 Å². The fraction of sp³-hybridized carbons (Fsp3) is 0.633. The van der Waals surface area contributed by atoms with Crippen LogP contribution in [0.5, 0.6) is 5.75 Å². The number of hydrogen-bond donors (Lipinski definition) is 0. The van der Waals surface area contributed by atoms with Crippen molar-refractivity contribution >= 4 is 32.7 Å². The second-order valence-corrected chi connectivity index (χ2v) is 13.2. The SMILES string of the molecule is COC(=O)c1cc(OC(F)(F)F)c2nc(N3CC4CC[C@@H](C3)[C@@H]4OCc3c(C4CCCCC4)noc3C3CC3)sc2c1. The lowest BCUT2D eigenvalue weighted by atomic mass is 9.85. The number of fused-ring (bicyclic) bond motifs is 3. The molecule has 2 bridgehead atoms. The second kappa shape index (κ2) is 11.0. The standard InChI is InChI=1S/C30H34F3N3O5S/c1-38-28(37)20-11-22(40-30(31,32)33)25-23(12-20)42-29(34-25)36-13-18-9-10-19(14-36)26(18)39-15-21-24(16-5-3-2-4-6-16)35-41-27(21)17-7-8-17/h11-12,16-19,26H,2-10,13-15H2,1H3/t18-,19?,26-/m0/s1. The number of methoxy groups -OCH3 is 1. The molecule has 3 atom stereocenters. The van der Waals surface area contributed by atoms with Gasteiger partial charge in [-0.25, -0.2) is 9.78 Å². The molecule has 2 aromatic heterocycles. The predicted molar refractivity (Wildman–Crippen MR) is 149 cm³/mol. The third-order valence-corrected chi connectivity index (χ3v) is 10.4. The average Bonchev–Trinajstić information content (AvgIpc) is 3.50. The van der Waals surface area contributed by atoms with Crippen LogP contribution in [0.25, 0.3) is 10.2 Å². The first-order chi connectivity index (χ1) is 20.3. The molecule has 42 heavy (non-hydrogen) atoms. The Morgan fingerprint density at radius 2 is 1.79 bits per heavy atom. The van der Waals surface area contributed by atoms with Gasteiger partial charge in [-0.05, 0) is 50.7 Å². The Bertz CT molecular complexity index is 1450. The second-order valence-electron chi connectivity index (χ2n) is 12.2. The highest BCUT2D eigenvalue weighted by Crippen LogP contribution is 2.47. The number of nitrogens with zero attached hydrogens (tertiary/aromatic N) is 3.